The fourth-order valence-electron chi connectivity index (χ4n) is 3.48. The third-order valence-electron chi connectivity index (χ3n) is 5.23. The first-order valence-electron chi connectivity index (χ1n) is 9.82. The molecule has 31 heavy (non-hydrogen) atoms. The van der Waals surface area contributed by atoms with E-state index in [-0.39, 0.29) is 16.8 Å². The van der Waals surface area contributed by atoms with E-state index in [4.69, 9.17) is 9.47 Å². The Morgan fingerprint density at radius 1 is 1.10 bits per heavy atom. The van der Waals surface area contributed by atoms with Crippen molar-refractivity contribution in [3.05, 3.63) is 48.5 Å². The lowest BCUT2D eigenvalue weighted by atomic mass is 10.1. The van der Waals surface area contributed by atoms with Crippen molar-refractivity contribution < 1.29 is 22.3 Å². The molecule has 1 saturated heterocycles. The van der Waals surface area contributed by atoms with Gasteiger partial charge in [0.1, 0.15) is 18.2 Å². The predicted octanol–water partition coefficient (Wildman–Crippen LogP) is 3.05. The number of piperidine rings is 1. The van der Waals surface area contributed by atoms with Crippen LogP contribution < -0.4 is 14.2 Å². The van der Waals surface area contributed by atoms with E-state index in [1.807, 2.05) is 0 Å². The second-order valence-electron chi connectivity index (χ2n) is 7.42. The summed E-state index contributed by atoms with van der Waals surface area (Å²) in [7, 11) is -0.359. The smallest absolute Gasteiger partial charge is 0.263 e. The molecule has 1 N–H and O–H groups in total. The van der Waals surface area contributed by atoms with Gasteiger partial charge in [0.25, 0.3) is 10.0 Å². The summed E-state index contributed by atoms with van der Waals surface area (Å²) in [5.41, 5.74) is 0.510. The molecule has 1 aliphatic heterocycles. The lowest BCUT2D eigenvalue weighted by molar-refractivity contribution is 0.111. The number of fused-ring (bicyclic) bond motifs is 1. The Kier molecular flexibility index (Phi) is 5.92. The highest BCUT2D eigenvalue weighted by Gasteiger charge is 2.22. The van der Waals surface area contributed by atoms with Crippen LogP contribution in [0.3, 0.4) is 0 Å². The first-order valence-corrected chi connectivity index (χ1v) is 11.3. The van der Waals surface area contributed by atoms with Gasteiger partial charge in [0.2, 0.25) is 0 Å². The molecule has 8 nitrogen and oxygen atoms in total. The van der Waals surface area contributed by atoms with E-state index >= 15 is 0 Å². The summed E-state index contributed by atoms with van der Waals surface area (Å²) >= 11 is 0. The van der Waals surface area contributed by atoms with Crippen molar-refractivity contribution in [2.24, 2.45) is 0 Å². The second kappa shape index (κ2) is 8.64. The average Bonchev–Trinajstić information content (AvgIpc) is 2.75. The molecular formula is C21H23FN4O4S. The Hall–Kier alpha value is -2.98. The van der Waals surface area contributed by atoms with Crippen molar-refractivity contribution in [3.63, 3.8) is 0 Å². The molecule has 164 valence electrons. The summed E-state index contributed by atoms with van der Waals surface area (Å²) in [4.78, 5) is 10.5. The van der Waals surface area contributed by atoms with E-state index in [0.29, 0.717) is 22.4 Å². The molecule has 0 aliphatic carbocycles. The van der Waals surface area contributed by atoms with Gasteiger partial charge in [-0.25, -0.2) is 22.8 Å². The van der Waals surface area contributed by atoms with Gasteiger partial charge < -0.3 is 14.4 Å². The normalized spacial score (nSPS) is 15.7. The van der Waals surface area contributed by atoms with Gasteiger partial charge >= 0.3 is 0 Å². The molecule has 1 aromatic heterocycles. The molecule has 4 rings (SSSR count). The van der Waals surface area contributed by atoms with Gasteiger partial charge in [-0.05, 0) is 50.2 Å². The van der Waals surface area contributed by atoms with Crippen LogP contribution in [0.5, 0.6) is 11.5 Å². The molecule has 0 bridgehead atoms. The number of hydrogen-bond donors (Lipinski definition) is 1. The Labute approximate surface area is 180 Å². The number of methoxy groups -OCH3 is 1. The molecule has 1 fully saturated rings. The molecule has 2 heterocycles. The molecular weight excluding hydrogens is 423 g/mol. The number of nitrogens with zero attached hydrogens (tertiary/aromatic N) is 3. The van der Waals surface area contributed by atoms with Gasteiger partial charge in [0.15, 0.2) is 17.3 Å². The maximum absolute atomic E-state index is 13.2. The zero-order valence-corrected chi connectivity index (χ0v) is 18.0. The molecule has 0 spiro atoms. The van der Waals surface area contributed by atoms with Crippen LogP contribution in [0.2, 0.25) is 0 Å². The molecule has 2 aromatic carbocycles. The average molecular weight is 447 g/mol. The minimum absolute atomic E-state index is 0.0702. The van der Waals surface area contributed by atoms with E-state index in [9.17, 15) is 12.8 Å². The number of benzene rings is 2. The Bertz CT molecular complexity index is 1180. The third kappa shape index (κ3) is 4.70. The Balaban J connectivity index is 1.65. The highest BCUT2D eigenvalue weighted by Crippen LogP contribution is 2.36. The van der Waals surface area contributed by atoms with Crippen LogP contribution in [0.4, 0.5) is 10.2 Å². The number of sulfonamides is 1. The van der Waals surface area contributed by atoms with E-state index in [0.717, 1.165) is 38.1 Å². The molecule has 0 saturated carbocycles. The van der Waals surface area contributed by atoms with Crippen LogP contribution in [-0.4, -0.2) is 56.6 Å². The van der Waals surface area contributed by atoms with Gasteiger partial charge in [-0.2, -0.15) is 0 Å². The summed E-state index contributed by atoms with van der Waals surface area (Å²) in [5, 5.41) is 0.459. The van der Waals surface area contributed by atoms with Crippen molar-refractivity contribution in [2.45, 2.75) is 23.8 Å². The van der Waals surface area contributed by atoms with Crippen LogP contribution in [0.1, 0.15) is 12.8 Å². The van der Waals surface area contributed by atoms with Crippen molar-refractivity contribution in [2.75, 3.05) is 32.0 Å². The van der Waals surface area contributed by atoms with E-state index in [1.54, 1.807) is 12.1 Å². The van der Waals surface area contributed by atoms with Gasteiger partial charge in [-0.15, -0.1) is 0 Å². The summed E-state index contributed by atoms with van der Waals surface area (Å²) in [5.74, 6) is 0.589. The van der Waals surface area contributed by atoms with Gasteiger partial charge in [-0.1, -0.05) is 0 Å². The summed E-state index contributed by atoms with van der Waals surface area (Å²) < 4.78 is 52.7. The number of aromatic nitrogens is 2. The molecule has 10 heteroatoms. The van der Waals surface area contributed by atoms with Crippen molar-refractivity contribution >= 4 is 26.7 Å². The number of likely N-dealkylation sites (tertiary alicyclic amines) is 1. The minimum Gasteiger partial charge on any atom is -0.493 e. The zero-order valence-electron chi connectivity index (χ0n) is 17.2. The molecule has 0 atom stereocenters. The summed E-state index contributed by atoms with van der Waals surface area (Å²) in [6, 6.07) is 7.93. The minimum atomic E-state index is -3.96. The highest BCUT2D eigenvalue weighted by molar-refractivity contribution is 7.92. The van der Waals surface area contributed by atoms with E-state index < -0.39 is 15.8 Å². The van der Waals surface area contributed by atoms with Crippen LogP contribution >= 0.6 is 0 Å². The molecule has 1 aliphatic rings. The standard InChI is InChI=1S/C21H23FN4O4S/c1-26-9-7-15(8-10-26)30-20-12-18-17(11-19(20)29-2)21(24-13-23-18)25-31(27,28)16-5-3-14(22)4-6-16/h3-6,11-13,15H,7-10H2,1-2H3,(H,23,24,25). The van der Waals surface area contributed by atoms with E-state index in [1.165, 1.54) is 25.6 Å². The number of anilines is 1. The van der Waals surface area contributed by atoms with Gasteiger partial charge in [0.05, 0.1) is 17.5 Å². The summed E-state index contributed by atoms with van der Waals surface area (Å²) in [6.45, 7) is 1.91. The van der Waals surface area contributed by atoms with Gasteiger partial charge in [-0.3, -0.25) is 4.72 Å². The quantitative estimate of drug-likeness (QED) is 0.622. The topological polar surface area (TPSA) is 93.6 Å². The second-order valence-corrected chi connectivity index (χ2v) is 9.10. The van der Waals surface area contributed by atoms with Crippen molar-refractivity contribution in [1.82, 2.24) is 14.9 Å². The number of halogens is 1. The van der Waals surface area contributed by atoms with Crippen molar-refractivity contribution in [3.8, 4) is 11.5 Å². The molecule has 3 aromatic rings. The van der Waals surface area contributed by atoms with Crippen molar-refractivity contribution in [1.29, 1.82) is 0 Å². The van der Waals surface area contributed by atoms with Gasteiger partial charge in [0, 0.05) is 24.5 Å². The largest absolute Gasteiger partial charge is 0.493 e. The van der Waals surface area contributed by atoms with Crippen LogP contribution in [0.25, 0.3) is 10.9 Å². The Morgan fingerprint density at radius 2 is 1.81 bits per heavy atom. The first-order chi connectivity index (χ1) is 14.9. The fraction of sp³-hybridized carbons (Fsp3) is 0.333. The molecule has 0 amide bonds. The highest BCUT2D eigenvalue weighted by atomic mass is 32.2. The van der Waals surface area contributed by atoms with Crippen LogP contribution in [0.15, 0.2) is 47.6 Å². The lowest BCUT2D eigenvalue weighted by Gasteiger charge is -2.29. The number of hydrogen-bond acceptors (Lipinski definition) is 7. The third-order valence-corrected chi connectivity index (χ3v) is 6.59. The van der Waals surface area contributed by atoms with Crippen LogP contribution in [-0.2, 0) is 10.0 Å². The predicted molar refractivity (Wildman–Crippen MR) is 114 cm³/mol. The number of ether oxygens (including phenoxy) is 2. The monoisotopic (exact) mass is 446 g/mol. The molecule has 0 radical (unpaired) electrons. The maximum Gasteiger partial charge on any atom is 0.263 e. The number of rotatable bonds is 6. The maximum atomic E-state index is 13.2. The molecule has 0 unspecified atom stereocenters. The summed E-state index contributed by atoms with van der Waals surface area (Å²) in [6.07, 6.45) is 3.16. The lowest BCUT2D eigenvalue weighted by Crippen LogP contribution is -2.35. The van der Waals surface area contributed by atoms with Crippen LogP contribution in [0, 0.1) is 5.82 Å². The first kappa shape index (κ1) is 21.3. The number of nitrogens with one attached hydrogen (secondary N) is 1. The Morgan fingerprint density at radius 3 is 2.48 bits per heavy atom. The van der Waals surface area contributed by atoms with E-state index in [2.05, 4.69) is 26.6 Å². The fourth-order valence-corrected chi connectivity index (χ4v) is 4.51. The SMILES string of the molecule is COc1cc2c(NS(=O)(=O)c3ccc(F)cc3)ncnc2cc1OC1CCN(C)CC1. The zero-order chi connectivity index (χ0) is 22.0.